The molecule has 6 nitrogen and oxygen atoms in total. The molecule has 3 rings (SSSR count). The topological polar surface area (TPSA) is 73.6 Å². The van der Waals surface area contributed by atoms with E-state index < -0.39 is 0 Å². The molecule has 0 saturated carbocycles. The van der Waals surface area contributed by atoms with Crippen molar-refractivity contribution < 1.29 is 0 Å². The van der Waals surface area contributed by atoms with Gasteiger partial charge >= 0.3 is 0 Å². The third-order valence-corrected chi connectivity index (χ3v) is 3.16. The molecule has 3 heterocycles. The summed E-state index contributed by atoms with van der Waals surface area (Å²) >= 11 is 0. The second-order valence-electron chi connectivity index (χ2n) is 4.45. The number of aryl methyl sites for hydroxylation is 3. The maximum atomic E-state index is 12.3. The fourth-order valence-corrected chi connectivity index (χ4v) is 2.05. The molecule has 0 aliphatic rings. The molecule has 0 spiro atoms. The van der Waals surface area contributed by atoms with Crippen LogP contribution < -0.4 is 5.56 Å². The molecular formula is C14H13N5O. The molecule has 100 valence electrons. The van der Waals surface area contributed by atoms with Crippen LogP contribution in [0.4, 0.5) is 0 Å². The average Bonchev–Trinajstić information content (AvgIpc) is 2.48. The van der Waals surface area contributed by atoms with Crippen molar-refractivity contribution in [3.63, 3.8) is 0 Å². The van der Waals surface area contributed by atoms with Gasteiger partial charge < -0.3 is 0 Å². The van der Waals surface area contributed by atoms with Crippen LogP contribution in [-0.2, 0) is 13.0 Å². The van der Waals surface area contributed by atoms with Crippen LogP contribution in [0.1, 0.15) is 11.4 Å². The minimum absolute atomic E-state index is 0.128. The normalized spacial score (nSPS) is 10.8. The first-order chi connectivity index (χ1) is 9.75. The number of hydrogen-bond acceptors (Lipinski definition) is 5. The molecule has 0 unspecified atom stereocenters. The Morgan fingerprint density at radius 3 is 2.80 bits per heavy atom. The minimum Gasteiger partial charge on any atom is -0.297 e. The van der Waals surface area contributed by atoms with Gasteiger partial charge in [-0.15, -0.1) is 0 Å². The zero-order valence-electron chi connectivity index (χ0n) is 11.0. The van der Waals surface area contributed by atoms with Gasteiger partial charge in [0.15, 0.2) is 5.52 Å². The van der Waals surface area contributed by atoms with E-state index in [-0.39, 0.29) is 5.56 Å². The summed E-state index contributed by atoms with van der Waals surface area (Å²) in [6.07, 6.45) is 7.11. The number of hydrogen-bond donors (Lipinski definition) is 0. The van der Waals surface area contributed by atoms with Gasteiger partial charge in [-0.3, -0.25) is 19.3 Å². The lowest BCUT2D eigenvalue weighted by atomic mass is 10.2. The molecule has 0 amide bonds. The third-order valence-electron chi connectivity index (χ3n) is 3.16. The zero-order chi connectivity index (χ0) is 13.9. The van der Waals surface area contributed by atoms with Gasteiger partial charge in [-0.1, -0.05) is 0 Å². The van der Waals surface area contributed by atoms with Crippen LogP contribution in [0.15, 0.2) is 41.8 Å². The molecule has 0 fully saturated rings. The number of rotatable bonds is 3. The molecule has 0 aliphatic carbocycles. The molecule has 0 atom stereocenters. The Bertz CT molecular complexity index is 812. The third kappa shape index (κ3) is 2.27. The predicted molar refractivity (Wildman–Crippen MR) is 74.3 cm³/mol. The molecule has 0 bridgehead atoms. The molecule has 6 heteroatoms. The van der Waals surface area contributed by atoms with Crippen LogP contribution >= 0.6 is 0 Å². The Labute approximate surface area is 115 Å². The second-order valence-corrected chi connectivity index (χ2v) is 4.45. The van der Waals surface area contributed by atoms with Crippen LogP contribution in [0, 0.1) is 6.92 Å². The van der Waals surface area contributed by atoms with E-state index in [4.69, 9.17) is 0 Å². The zero-order valence-corrected chi connectivity index (χ0v) is 11.0. The largest absolute Gasteiger partial charge is 0.297 e. The maximum Gasteiger partial charge on any atom is 0.279 e. The molecule has 20 heavy (non-hydrogen) atoms. The predicted octanol–water partition coefficient (Wildman–Crippen LogP) is 1.13. The number of pyridine rings is 1. The van der Waals surface area contributed by atoms with Gasteiger partial charge in [-0.25, -0.2) is 9.97 Å². The van der Waals surface area contributed by atoms with Gasteiger partial charge in [0.2, 0.25) is 0 Å². The molecule has 0 aliphatic heterocycles. The monoisotopic (exact) mass is 267 g/mol. The van der Waals surface area contributed by atoms with Crippen LogP contribution in [0.3, 0.4) is 0 Å². The summed E-state index contributed by atoms with van der Waals surface area (Å²) in [6, 6.07) is 3.54. The Balaban J connectivity index is 1.90. The van der Waals surface area contributed by atoms with E-state index in [0.29, 0.717) is 24.0 Å². The second kappa shape index (κ2) is 5.16. The van der Waals surface area contributed by atoms with E-state index in [1.54, 1.807) is 41.6 Å². The molecule has 3 aromatic rings. The summed E-state index contributed by atoms with van der Waals surface area (Å²) in [5, 5.41) is 0. The van der Waals surface area contributed by atoms with Crippen molar-refractivity contribution in [3.8, 4) is 0 Å². The van der Waals surface area contributed by atoms with E-state index >= 15 is 0 Å². The Morgan fingerprint density at radius 1 is 1.10 bits per heavy atom. The van der Waals surface area contributed by atoms with E-state index in [0.717, 1.165) is 11.4 Å². The quantitative estimate of drug-likeness (QED) is 0.711. The van der Waals surface area contributed by atoms with Crippen molar-refractivity contribution in [2.24, 2.45) is 0 Å². The van der Waals surface area contributed by atoms with Gasteiger partial charge in [0.05, 0.1) is 23.2 Å². The summed E-state index contributed by atoms with van der Waals surface area (Å²) in [5.41, 5.74) is 2.65. The van der Waals surface area contributed by atoms with Crippen LogP contribution in [-0.4, -0.2) is 24.5 Å². The van der Waals surface area contributed by atoms with Crippen molar-refractivity contribution >= 4 is 11.0 Å². The van der Waals surface area contributed by atoms with E-state index in [2.05, 4.69) is 19.9 Å². The number of aromatic nitrogens is 5. The SMILES string of the molecule is Cc1nccnc1CCn1cnc2cccnc2c1=O. The standard InChI is InChI=1S/C14H13N5O/c1-10-11(16-7-6-15-10)4-8-19-9-18-12-3-2-5-17-13(12)14(19)20/h2-3,5-7,9H,4,8H2,1H3. The lowest BCUT2D eigenvalue weighted by Crippen LogP contribution is -2.22. The highest BCUT2D eigenvalue weighted by Gasteiger charge is 2.06. The average molecular weight is 267 g/mol. The number of nitrogens with zero attached hydrogens (tertiary/aromatic N) is 5. The Kier molecular flexibility index (Phi) is 3.20. The highest BCUT2D eigenvalue weighted by molar-refractivity contribution is 5.71. The molecule has 0 saturated heterocycles. The van der Waals surface area contributed by atoms with Gasteiger partial charge in [0.25, 0.3) is 5.56 Å². The first kappa shape index (κ1) is 12.4. The first-order valence-corrected chi connectivity index (χ1v) is 6.32. The van der Waals surface area contributed by atoms with Crippen LogP contribution in [0.5, 0.6) is 0 Å². The molecule has 0 N–H and O–H groups in total. The van der Waals surface area contributed by atoms with Gasteiger partial charge in [-0.05, 0) is 19.1 Å². The fraction of sp³-hybridized carbons (Fsp3) is 0.214. The van der Waals surface area contributed by atoms with Crippen LogP contribution in [0.25, 0.3) is 11.0 Å². The van der Waals surface area contributed by atoms with Crippen molar-refractivity contribution in [1.82, 2.24) is 24.5 Å². The van der Waals surface area contributed by atoms with E-state index in [1.807, 2.05) is 6.92 Å². The first-order valence-electron chi connectivity index (χ1n) is 6.32. The minimum atomic E-state index is -0.128. The number of fused-ring (bicyclic) bond motifs is 1. The smallest absolute Gasteiger partial charge is 0.279 e. The summed E-state index contributed by atoms with van der Waals surface area (Å²) < 4.78 is 1.56. The van der Waals surface area contributed by atoms with Crippen LogP contribution in [0.2, 0.25) is 0 Å². The maximum absolute atomic E-state index is 12.3. The van der Waals surface area contributed by atoms with Gasteiger partial charge in [0.1, 0.15) is 0 Å². The highest BCUT2D eigenvalue weighted by atomic mass is 16.1. The van der Waals surface area contributed by atoms with Gasteiger partial charge in [-0.2, -0.15) is 0 Å². The molecule has 3 aromatic heterocycles. The fourth-order valence-electron chi connectivity index (χ4n) is 2.05. The van der Waals surface area contributed by atoms with Crippen molar-refractivity contribution in [1.29, 1.82) is 0 Å². The Hall–Kier alpha value is -2.63. The highest BCUT2D eigenvalue weighted by Crippen LogP contribution is 2.04. The summed E-state index contributed by atoms with van der Waals surface area (Å²) in [5.74, 6) is 0. The van der Waals surface area contributed by atoms with Gasteiger partial charge in [0, 0.05) is 31.6 Å². The lowest BCUT2D eigenvalue weighted by Gasteiger charge is -2.06. The van der Waals surface area contributed by atoms with Crippen molar-refractivity contribution in [2.75, 3.05) is 0 Å². The van der Waals surface area contributed by atoms with E-state index in [1.165, 1.54) is 0 Å². The summed E-state index contributed by atoms with van der Waals surface area (Å²) in [6.45, 7) is 2.42. The summed E-state index contributed by atoms with van der Waals surface area (Å²) in [4.78, 5) is 29.0. The Morgan fingerprint density at radius 2 is 1.95 bits per heavy atom. The summed E-state index contributed by atoms with van der Waals surface area (Å²) in [7, 11) is 0. The lowest BCUT2D eigenvalue weighted by molar-refractivity contribution is 0.648. The van der Waals surface area contributed by atoms with E-state index in [9.17, 15) is 4.79 Å². The van der Waals surface area contributed by atoms with Crippen molar-refractivity contribution in [2.45, 2.75) is 19.9 Å². The van der Waals surface area contributed by atoms with Crippen molar-refractivity contribution in [3.05, 3.63) is 58.8 Å². The molecule has 0 radical (unpaired) electrons. The molecular weight excluding hydrogens is 254 g/mol. The molecule has 0 aromatic carbocycles.